The molecule has 0 N–H and O–H groups in total. The van der Waals surface area contributed by atoms with Crippen molar-refractivity contribution in [3.8, 4) is 0 Å². The minimum Gasteiger partial charge on any atom is -0.341 e. The third kappa shape index (κ3) is 2.22. The molecule has 4 nitrogen and oxygen atoms in total. The Morgan fingerprint density at radius 3 is 2.58 bits per heavy atom. The highest BCUT2D eigenvalue weighted by molar-refractivity contribution is 5.73. The Morgan fingerprint density at radius 1 is 1.25 bits per heavy atom. The van der Waals surface area contributed by atoms with E-state index in [1.807, 2.05) is 6.41 Å². The predicted molar refractivity (Wildman–Crippen MR) is 44.1 cm³/mol. The first kappa shape index (κ1) is 9.03. The Morgan fingerprint density at radius 2 is 2.00 bits per heavy atom. The highest BCUT2D eigenvalue weighted by atomic mass is 16.2. The number of rotatable bonds is 1. The number of hydrogen-bond donors (Lipinski definition) is 0. The van der Waals surface area contributed by atoms with Crippen molar-refractivity contribution in [2.24, 2.45) is 0 Å². The molecule has 1 heterocycles. The Hall–Kier alpha value is -1.06. The third-order valence-corrected chi connectivity index (χ3v) is 2.07. The van der Waals surface area contributed by atoms with Gasteiger partial charge in [0.2, 0.25) is 5.91 Å². The second kappa shape index (κ2) is 4.09. The topological polar surface area (TPSA) is 40.6 Å². The molecule has 1 rings (SSSR count). The fourth-order valence-electron chi connectivity index (χ4n) is 1.32. The van der Waals surface area contributed by atoms with Crippen LogP contribution in [0.5, 0.6) is 0 Å². The average molecular weight is 169 g/mol. The first-order valence-electron chi connectivity index (χ1n) is 4.12. The van der Waals surface area contributed by atoms with Crippen LogP contribution in [-0.2, 0) is 9.59 Å². The van der Waals surface area contributed by atoms with E-state index in [0.717, 1.165) is 13.0 Å². The van der Waals surface area contributed by atoms with Gasteiger partial charge in [-0.2, -0.15) is 0 Å². The molecule has 1 fully saturated rings. The van der Waals surface area contributed by atoms with Gasteiger partial charge in [-0.15, -0.1) is 0 Å². The molecule has 0 aromatic rings. The van der Waals surface area contributed by atoms with Gasteiger partial charge in [-0.1, -0.05) is 0 Å². The second-order valence-electron chi connectivity index (χ2n) is 2.94. The van der Waals surface area contributed by atoms with Crippen LogP contribution in [0.3, 0.4) is 0 Å². The van der Waals surface area contributed by atoms with Crippen molar-refractivity contribution >= 4 is 12.3 Å². The fraction of sp³-hybridized carbons (Fsp3) is 0.750. The summed E-state index contributed by atoms with van der Waals surface area (Å²) in [7, 11) is 0. The molecule has 1 saturated heterocycles. The van der Waals surface area contributed by atoms with Gasteiger partial charge in [-0.25, -0.2) is 0 Å². The lowest BCUT2D eigenvalue weighted by Crippen LogP contribution is -2.33. The predicted octanol–water partition coefficient (Wildman–Crippen LogP) is -0.392. The zero-order valence-electron chi connectivity index (χ0n) is 7.25. The molecule has 1 radical (unpaired) electrons. The Balaban J connectivity index is 2.44. The summed E-state index contributed by atoms with van der Waals surface area (Å²) in [5.41, 5.74) is 0. The molecule has 0 bridgehead atoms. The Kier molecular flexibility index (Phi) is 3.08. The summed E-state index contributed by atoms with van der Waals surface area (Å²) in [6, 6.07) is 0. The zero-order chi connectivity index (χ0) is 8.97. The SMILES string of the molecule is CC(=O)N1CCCN([C]=O)CC1. The van der Waals surface area contributed by atoms with Gasteiger partial charge >= 0.3 is 6.41 Å². The lowest BCUT2D eigenvalue weighted by Gasteiger charge is -2.17. The highest BCUT2D eigenvalue weighted by Gasteiger charge is 2.14. The highest BCUT2D eigenvalue weighted by Crippen LogP contribution is 2.00. The van der Waals surface area contributed by atoms with Crippen LogP contribution in [-0.4, -0.2) is 48.3 Å². The number of carbonyl (C=O) groups is 1. The molecule has 0 spiro atoms. The molecule has 0 aliphatic carbocycles. The summed E-state index contributed by atoms with van der Waals surface area (Å²) in [6.45, 7) is 4.29. The third-order valence-electron chi connectivity index (χ3n) is 2.07. The van der Waals surface area contributed by atoms with Gasteiger partial charge in [-0.3, -0.25) is 9.59 Å². The fourth-order valence-corrected chi connectivity index (χ4v) is 1.32. The van der Waals surface area contributed by atoms with Gasteiger partial charge in [-0.05, 0) is 6.42 Å². The van der Waals surface area contributed by atoms with Gasteiger partial charge < -0.3 is 9.80 Å². The van der Waals surface area contributed by atoms with E-state index in [-0.39, 0.29) is 5.91 Å². The summed E-state index contributed by atoms with van der Waals surface area (Å²) in [5.74, 6) is 0.0859. The molecule has 0 aromatic carbocycles. The van der Waals surface area contributed by atoms with E-state index in [2.05, 4.69) is 0 Å². The smallest absolute Gasteiger partial charge is 0.312 e. The van der Waals surface area contributed by atoms with Crippen molar-refractivity contribution in [3.05, 3.63) is 0 Å². The normalized spacial score (nSPS) is 18.8. The lowest BCUT2D eigenvalue weighted by atomic mass is 10.4. The van der Waals surface area contributed by atoms with Gasteiger partial charge in [0.05, 0.1) is 0 Å². The molecule has 2 amide bonds. The van der Waals surface area contributed by atoms with Crippen LogP contribution < -0.4 is 0 Å². The van der Waals surface area contributed by atoms with Crippen LogP contribution in [0, 0.1) is 0 Å². The summed E-state index contributed by atoms with van der Waals surface area (Å²) < 4.78 is 0. The van der Waals surface area contributed by atoms with Crippen molar-refractivity contribution in [1.82, 2.24) is 9.80 Å². The summed E-state index contributed by atoms with van der Waals surface area (Å²) in [6.07, 6.45) is 2.70. The molecule has 4 heteroatoms. The minimum atomic E-state index is 0.0859. The first-order chi connectivity index (χ1) is 5.74. The molecule has 12 heavy (non-hydrogen) atoms. The largest absolute Gasteiger partial charge is 0.341 e. The summed E-state index contributed by atoms with van der Waals surface area (Å²) in [4.78, 5) is 24.6. The van der Waals surface area contributed by atoms with Crippen molar-refractivity contribution in [1.29, 1.82) is 0 Å². The van der Waals surface area contributed by atoms with Crippen molar-refractivity contribution < 1.29 is 9.59 Å². The number of amides is 2. The van der Waals surface area contributed by atoms with Gasteiger partial charge in [0.1, 0.15) is 0 Å². The van der Waals surface area contributed by atoms with E-state index in [9.17, 15) is 9.59 Å². The van der Waals surface area contributed by atoms with Gasteiger partial charge in [0.15, 0.2) is 0 Å². The molecule has 1 aliphatic rings. The van der Waals surface area contributed by atoms with Crippen LogP contribution in [0.1, 0.15) is 13.3 Å². The van der Waals surface area contributed by atoms with Gasteiger partial charge in [0, 0.05) is 33.1 Å². The van der Waals surface area contributed by atoms with Crippen LogP contribution >= 0.6 is 0 Å². The number of nitrogens with zero attached hydrogens (tertiary/aromatic N) is 2. The van der Waals surface area contributed by atoms with E-state index in [1.54, 1.807) is 16.7 Å². The minimum absolute atomic E-state index is 0.0859. The molecule has 0 unspecified atom stereocenters. The Bertz CT molecular complexity index is 182. The maximum Gasteiger partial charge on any atom is 0.312 e. The van der Waals surface area contributed by atoms with E-state index in [1.165, 1.54) is 0 Å². The number of hydrogen-bond acceptors (Lipinski definition) is 2. The van der Waals surface area contributed by atoms with E-state index >= 15 is 0 Å². The van der Waals surface area contributed by atoms with E-state index < -0.39 is 0 Å². The van der Waals surface area contributed by atoms with Crippen molar-refractivity contribution in [2.75, 3.05) is 26.2 Å². The second-order valence-corrected chi connectivity index (χ2v) is 2.94. The molecular weight excluding hydrogens is 156 g/mol. The standard InChI is InChI=1S/C8H13N2O2/c1-8(12)10-4-2-3-9(7-11)5-6-10/h2-6H2,1H3. The van der Waals surface area contributed by atoms with Gasteiger partial charge in [0.25, 0.3) is 0 Å². The van der Waals surface area contributed by atoms with E-state index in [4.69, 9.17) is 0 Å². The van der Waals surface area contributed by atoms with Crippen LogP contribution in [0.15, 0.2) is 0 Å². The monoisotopic (exact) mass is 169 g/mol. The molecular formula is C8H13N2O2. The van der Waals surface area contributed by atoms with Crippen LogP contribution in [0.2, 0.25) is 0 Å². The zero-order valence-corrected chi connectivity index (χ0v) is 7.25. The van der Waals surface area contributed by atoms with Crippen LogP contribution in [0.25, 0.3) is 0 Å². The number of carbonyl (C=O) groups excluding carboxylic acids is 2. The molecule has 67 valence electrons. The maximum atomic E-state index is 11.0. The summed E-state index contributed by atoms with van der Waals surface area (Å²) >= 11 is 0. The summed E-state index contributed by atoms with van der Waals surface area (Å²) in [5, 5.41) is 0. The Labute approximate surface area is 72.1 Å². The molecule has 0 atom stereocenters. The molecule has 0 saturated carbocycles. The molecule has 0 aromatic heterocycles. The van der Waals surface area contributed by atoms with Crippen LogP contribution in [0.4, 0.5) is 0 Å². The van der Waals surface area contributed by atoms with Crippen molar-refractivity contribution in [2.45, 2.75) is 13.3 Å². The molecule has 1 aliphatic heterocycles. The maximum absolute atomic E-state index is 11.0. The first-order valence-corrected chi connectivity index (χ1v) is 4.12. The quantitative estimate of drug-likeness (QED) is 0.536. The van der Waals surface area contributed by atoms with E-state index in [0.29, 0.717) is 19.6 Å². The van der Waals surface area contributed by atoms with Crippen molar-refractivity contribution in [3.63, 3.8) is 0 Å². The lowest BCUT2D eigenvalue weighted by molar-refractivity contribution is -0.128. The average Bonchev–Trinajstić information content (AvgIpc) is 2.28.